The number of carbonyl (C=O) groups excluding carboxylic acids is 1. The average molecular weight is 256 g/mol. The maximum absolute atomic E-state index is 12.0. The molecule has 3 nitrogen and oxygen atoms in total. The maximum Gasteiger partial charge on any atom is 0.223 e. The molecule has 0 aromatic carbocycles. The summed E-state index contributed by atoms with van der Waals surface area (Å²) in [5.41, 5.74) is 0. The minimum absolute atomic E-state index is 0.343. The molecule has 17 heavy (non-hydrogen) atoms. The molecule has 2 aliphatic rings. The van der Waals surface area contributed by atoms with Gasteiger partial charge in [-0.1, -0.05) is 6.92 Å². The number of nitrogens with zero attached hydrogens (tertiary/aromatic N) is 1. The standard InChI is InChI=1S/C13H24N2OS/c1-11-3-7-15(8-4-11)13(16)2-6-14-12-5-9-17-10-12/h11-12,14H,2-10H2,1H3. The molecule has 2 heterocycles. The lowest BCUT2D eigenvalue weighted by atomic mass is 9.99. The fraction of sp³-hybridized carbons (Fsp3) is 0.923. The lowest BCUT2D eigenvalue weighted by Gasteiger charge is -2.30. The van der Waals surface area contributed by atoms with Crippen molar-refractivity contribution in [3.05, 3.63) is 0 Å². The van der Waals surface area contributed by atoms with Crippen molar-refractivity contribution >= 4 is 17.7 Å². The zero-order valence-corrected chi connectivity index (χ0v) is 11.6. The van der Waals surface area contributed by atoms with E-state index in [4.69, 9.17) is 0 Å². The van der Waals surface area contributed by atoms with Gasteiger partial charge in [0.2, 0.25) is 5.91 Å². The quantitative estimate of drug-likeness (QED) is 0.831. The number of hydrogen-bond donors (Lipinski definition) is 1. The molecule has 1 unspecified atom stereocenters. The summed E-state index contributed by atoms with van der Waals surface area (Å²) in [6, 6.07) is 0.647. The SMILES string of the molecule is CC1CCN(C(=O)CCNC2CCSC2)CC1. The molecule has 0 radical (unpaired) electrons. The summed E-state index contributed by atoms with van der Waals surface area (Å²) >= 11 is 2.01. The molecule has 0 spiro atoms. The van der Waals surface area contributed by atoms with Crippen LogP contribution in [-0.2, 0) is 4.79 Å². The summed E-state index contributed by atoms with van der Waals surface area (Å²) in [6.45, 7) is 5.08. The molecule has 4 heteroatoms. The van der Waals surface area contributed by atoms with Crippen molar-refractivity contribution in [3.63, 3.8) is 0 Å². The van der Waals surface area contributed by atoms with Crippen molar-refractivity contribution in [2.45, 2.75) is 38.6 Å². The summed E-state index contributed by atoms with van der Waals surface area (Å²) in [5, 5.41) is 3.49. The Kier molecular flexibility index (Phi) is 5.16. The number of thioether (sulfide) groups is 1. The molecule has 98 valence electrons. The first-order valence-corrected chi connectivity index (χ1v) is 8.00. The highest BCUT2D eigenvalue weighted by molar-refractivity contribution is 7.99. The largest absolute Gasteiger partial charge is 0.343 e. The van der Waals surface area contributed by atoms with Crippen LogP contribution in [-0.4, -0.2) is 48.0 Å². The van der Waals surface area contributed by atoms with Crippen molar-refractivity contribution < 1.29 is 4.79 Å². The predicted molar refractivity (Wildman–Crippen MR) is 73.3 cm³/mol. The molecule has 1 amide bonds. The fourth-order valence-electron chi connectivity index (χ4n) is 2.49. The van der Waals surface area contributed by atoms with Crippen LogP contribution >= 0.6 is 11.8 Å². The second kappa shape index (κ2) is 6.64. The fourth-order valence-corrected chi connectivity index (χ4v) is 3.68. The zero-order valence-electron chi connectivity index (χ0n) is 10.8. The van der Waals surface area contributed by atoms with E-state index >= 15 is 0 Å². The van der Waals surface area contributed by atoms with Crippen LogP contribution in [0.15, 0.2) is 0 Å². The molecule has 1 atom stereocenters. The van der Waals surface area contributed by atoms with Gasteiger partial charge in [0.15, 0.2) is 0 Å². The van der Waals surface area contributed by atoms with Gasteiger partial charge in [-0.15, -0.1) is 0 Å². The lowest BCUT2D eigenvalue weighted by molar-refractivity contribution is -0.132. The minimum atomic E-state index is 0.343. The molecular formula is C13H24N2OS. The molecular weight excluding hydrogens is 232 g/mol. The van der Waals surface area contributed by atoms with E-state index in [1.807, 2.05) is 16.7 Å². The Balaban J connectivity index is 1.60. The smallest absolute Gasteiger partial charge is 0.223 e. The number of rotatable bonds is 4. The molecule has 0 aliphatic carbocycles. The Morgan fingerprint density at radius 1 is 1.35 bits per heavy atom. The number of amides is 1. The summed E-state index contributed by atoms with van der Waals surface area (Å²) in [5.74, 6) is 3.63. The third-order valence-electron chi connectivity index (χ3n) is 3.84. The zero-order chi connectivity index (χ0) is 12.1. The van der Waals surface area contributed by atoms with Crippen LogP contribution in [0.1, 0.15) is 32.6 Å². The molecule has 2 saturated heterocycles. The number of carbonyl (C=O) groups is 1. The molecule has 2 rings (SSSR count). The Morgan fingerprint density at radius 3 is 2.76 bits per heavy atom. The van der Waals surface area contributed by atoms with Crippen LogP contribution in [0.3, 0.4) is 0 Å². The van der Waals surface area contributed by atoms with E-state index in [-0.39, 0.29) is 0 Å². The molecule has 1 N–H and O–H groups in total. The number of nitrogens with one attached hydrogen (secondary N) is 1. The van der Waals surface area contributed by atoms with Gasteiger partial charge in [0.05, 0.1) is 0 Å². The Hall–Kier alpha value is -0.220. The molecule has 2 aliphatic heterocycles. The highest BCUT2D eigenvalue weighted by Gasteiger charge is 2.20. The van der Waals surface area contributed by atoms with Crippen molar-refractivity contribution in [2.75, 3.05) is 31.1 Å². The number of piperidine rings is 1. The van der Waals surface area contributed by atoms with Gasteiger partial charge in [-0.25, -0.2) is 0 Å². The number of likely N-dealkylation sites (tertiary alicyclic amines) is 1. The monoisotopic (exact) mass is 256 g/mol. The molecule has 0 bridgehead atoms. The van der Waals surface area contributed by atoms with Gasteiger partial charge in [-0.2, -0.15) is 11.8 Å². The van der Waals surface area contributed by atoms with Crippen molar-refractivity contribution in [3.8, 4) is 0 Å². The molecule has 0 aromatic heterocycles. The minimum Gasteiger partial charge on any atom is -0.343 e. The summed E-state index contributed by atoms with van der Waals surface area (Å²) in [6.07, 6.45) is 4.30. The maximum atomic E-state index is 12.0. The molecule has 0 aromatic rings. The van der Waals surface area contributed by atoms with Crippen LogP contribution in [0.4, 0.5) is 0 Å². The van der Waals surface area contributed by atoms with Gasteiger partial charge in [0.25, 0.3) is 0 Å². The van der Waals surface area contributed by atoms with E-state index in [9.17, 15) is 4.79 Å². The Morgan fingerprint density at radius 2 is 2.12 bits per heavy atom. The van der Waals surface area contributed by atoms with E-state index in [1.165, 1.54) is 30.8 Å². The highest BCUT2D eigenvalue weighted by Crippen LogP contribution is 2.18. The van der Waals surface area contributed by atoms with Gasteiger partial charge in [0, 0.05) is 37.8 Å². The van der Waals surface area contributed by atoms with Crippen LogP contribution in [0.2, 0.25) is 0 Å². The average Bonchev–Trinajstić information content (AvgIpc) is 2.83. The second-order valence-electron chi connectivity index (χ2n) is 5.33. The van der Waals surface area contributed by atoms with E-state index in [2.05, 4.69) is 12.2 Å². The van der Waals surface area contributed by atoms with Crippen LogP contribution in [0, 0.1) is 5.92 Å². The summed E-state index contributed by atoms with van der Waals surface area (Å²) in [4.78, 5) is 14.0. The first-order valence-electron chi connectivity index (χ1n) is 6.84. The molecule has 2 fully saturated rings. The lowest BCUT2D eigenvalue weighted by Crippen LogP contribution is -2.40. The summed E-state index contributed by atoms with van der Waals surface area (Å²) in [7, 11) is 0. The topological polar surface area (TPSA) is 32.3 Å². The van der Waals surface area contributed by atoms with Gasteiger partial charge in [0.1, 0.15) is 0 Å². The van der Waals surface area contributed by atoms with Crippen LogP contribution in [0.25, 0.3) is 0 Å². The predicted octanol–water partition coefficient (Wildman–Crippen LogP) is 1.73. The first-order chi connectivity index (χ1) is 8.25. The normalized spacial score (nSPS) is 26.4. The first kappa shape index (κ1) is 13.2. The third-order valence-corrected chi connectivity index (χ3v) is 5.00. The van der Waals surface area contributed by atoms with E-state index < -0.39 is 0 Å². The van der Waals surface area contributed by atoms with Crippen molar-refractivity contribution in [2.24, 2.45) is 5.92 Å². The van der Waals surface area contributed by atoms with Crippen LogP contribution in [0.5, 0.6) is 0 Å². The van der Waals surface area contributed by atoms with E-state index in [0.717, 1.165) is 25.6 Å². The van der Waals surface area contributed by atoms with Gasteiger partial charge < -0.3 is 10.2 Å². The Bertz CT molecular complexity index is 246. The van der Waals surface area contributed by atoms with Crippen molar-refractivity contribution in [1.29, 1.82) is 0 Å². The highest BCUT2D eigenvalue weighted by atomic mass is 32.2. The summed E-state index contributed by atoms with van der Waals surface area (Å²) < 4.78 is 0. The molecule has 0 saturated carbocycles. The van der Waals surface area contributed by atoms with Crippen LogP contribution < -0.4 is 5.32 Å². The van der Waals surface area contributed by atoms with Gasteiger partial charge >= 0.3 is 0 Å². The van der Waals surface area contributed by atoms with E-state index in [1.54, 1.807) is 0 Å². The van der Waals surface area contributed by atoms with E-state index in [0.29, 0.717) is 18.4 Å². The third kappa shape index (κ3) is 4.18. The van der Waals surface area contributed by atoms with Gasteiger partial charge in [-0.05, 0) is 30.9 Å². The number of hydrogen-bond acceptors (Lipinski definition) is 3. The van der Waals surface area contributed by atoms with Crippen molar-refractivity contribution in [1.82, 2.24) is 10.2 Å². The second-order valence-corrected chi connectivity index (χ2v) is 6.48. The Labute approximate surface area is 109 Å². The van der Waals surface area contributed by atoms with Gasteiger partial charge in [-0.3, -0.25) is 4.79 Å².